The first-order chi connectivity index (χ1) is 32.7. The fraction of sp³-hybridized carbons (Fsp3) is 0. The number of fused-ring (bicyclic) bond motifs is 7. The number of hydrogen-bond donors (Lipinski definition) is 0. The molecule has 3 aromatic heterocycles. The van der Waals surface area contributed by atoms with E-state index in [0.29, 0.717) is 5.82 Å². The zero-order valence-corrected chi connectivity index (χ0v) is 35.9. The number of rotatable bonds is 7. The van der Waals surface area contributed by atoms with Gasteiger partial charge in [0.05, 0.1) is 33.5 Å². The first-order valence-corrected chi connectivity index (χ1v) is 22.5. The van der Waals surface area contributed by atoms with Gasteiger partial charge in [-0.3, -0.25) is 0 Å². The van der Waals surface area contributed by atoms with Crippen LogP contribution in [0.5, 0.6) is 0 Å². The lowest BCUT2D eigenvalue weighted by Gasteiger charge is -2.13. The number of nitrogens with zero attached hydrogens (tertiary/aromatic N) is 4. The first kappa shape index (κ1) is 37.7. The highest BCUT2D eigenvalue weighted by Crippen LogP contribution is 2.39. The van der Waals surface area contributed by atoms with Gasteiger partial charge in [-0.2, -0.15) is 0 Å². The zero-order valence-electron chi connectivity index (χ0n) is 35.9. The van der Waals surface area contributed by atoms with Crippen LogP contribution in [0.25, 0.3) is 122 Å². The molecule has 13 rings (SSSR count). The van der Waals surface area contributed by atoms with Crippen molar-refractivity contribution in [2.45, 2.75) is 0 Å². The Hall–Kier alpha value is -8.86. The maximum absolute atomic E-state index is 5.17. The summed E-state index contributed by atoms with van der Waals surface area (Å²) >= 11 is 0. The van der Waals surface area contributed by atoms with Crippen molar-refractivity contribution < 1.29 is 0 Å². The second-order valence-electron chi connectivity index (χ2n) is 17.0. The average molecular weight is 841 g/mol. The predicted molar refractivity (Wildman–Crippen MR) is 275 cm³/mol. The van der Waals surface area contributed by atoms with E-state index in [-0.39, 0.29) is 0 Å². The summed E-state index contributed by atoms with van der Waals surface area (Å²) in [5.41, 5.74) is 16.5. The molecule has 13 aromatic rings. The van der Waals surface area contributed by atoms with Gasteiger partial charge in [-0.15, -0.1) is 0 Å². The van der Waals surface area contributed by atoms with Crippen LogP contribution in [0.3, 0.4) is 0 Å². The van der Waals surface area contributed by atoms with Crippen molar-refractivity contribution >= 4 is 54.4 Å². The fourth-order valence-corrected chi connectivity index (χ4v) is 10.0. The van der Waals surface area contributed by atoms with E-state index in [1.165, 1.54) is 60.0 Å². The van der Waals surface area contributed by atoms with E-state index in [4.69, 9.17) is 9.97 Å². The van der Waals surface area contributed by atoms with Gasteiger partial charge in [0.1, 0.15) is 0 Å². The zero-order chi connectivity index (χ0) is 43.6. The minimum Gasteiger partial charge on any atom is -0.309 e. The standard InChI is InChI=1S/C62H40N4/c1-3-16-43(17-4-1)56-40-57(44-18-5-2-6-19-44)64-62(63-56)47-21-13-22-49(37-47)66-58-27-11-9-24-52(58)54-35-31-46(39-61(54)66)45-32-36-60-55(38-45)53-25-10-12-28-59(53)65(60)48-33-29-42(30-34-48)51-26-14-20-41-15-7-8-23-50(41)51/h1-40H. The third-order valence-electron chi connectivity index (χ3n) is 13.1. The van der Waals surface area contributed by atoms with Crippen molar-refractivity contribution in [1.29, 1.82) is 0 Å². The van der Waals surface area contributed by atoms with Crippen LogP contribution in [0.2, 0.25) is 0 Å². The fourth-order valence-electron chi connectivity index (χ4n) is 10.0. The van der Waals surface area contributed by atoms with Gasteiger partial charge in [-0.05, 0) is 93.7 Å². The molecule has 0 atom stereocenters. The molecule has 0 radical (unpaired) electrons. The molecule has 0 aliphatic carbocycles. The van der Waals surface area contributed by atoms with Crippen molar-refractivity contribution in [3.8, 4) is 67.5 Å². The third-order valence-corrected chi connectivity index (χ3v) is 13.1. The van der Waals surface area contributed by atoms with Gasteiger partial charge < -0.3 is 9.13 Å². The van der Waals surface area contributed by atoms with Crippen molar-refractivity contribution in [3.05, 3.63) is 243 Å². The Morgan fingerprint density at radius 2 is 0.773 bits per heavy atom. The molecular formula is C62H40N4. The van der Waals surface area contributed by atoms with Crippen LogP contribution < -0.4 is 0 Å². The maximum Gasteiger partial charge on any atom is 0.160 e. The SMILES string of the molecule is c1ccc(-c2cc(-c3ccccc3)nc(-c3cccc(-n4c5ccccc5c5ccc(-c6ccc7c(c6)c6ccccc6n7-c6ccc(-c7cccc8ccccc78)cc6)cc54)c3)n2)cc1. The Morgan fingerprint density at radius 1 is 0.258 bits per heavy atom. The number of aromatic nitrogens is 4. The molecule has 308 valence electrons. The van der Waals surface area contributed by atoms with Crippen LogP contribution in [0.1, 0.15) is 0 Å². The van der Waals surface area contributed by atoms with Crippen molar-refractivity contribution in [2.24, 2.45) is 0 Å². The van der Waals surface area contributed by atoms with Crippen LogP contribution in [0, 0.1) is 0 Å². The van der Waals surface area contributed by atoms with Gasteiger partial charge in [-0.1, -0.05) is 182 Å². The molecule has 0 bridgehead atoms. The molecule has 0 saturated heterocycles. The summed E-state index contributed by atoms with van der Waals surface area (Å²) < 4.78 is 4.79. The lowest BCUT2D eigenvalue weighted by atomic mass is 9.98. The van der Waals surface area contributed by atoms with E-state index in [2.05, 4.69) is 240 Å². The lowest BCUT2D eigenvalue weighted by Crippen LogP contribution is -1.98. The van der Waals surface area contributed by atoms with Gasteiger partial charge in [0.25, 0.3) is 0 Å². The van der Waals surface area contributed by atoms with E-state index >= 15 is 0 Å². The van der Waals surface area contributed by atoms with E-state index in [9.17, 15) is 0 Å². The first-order valence-electron chi connectivity index (χ1n) is 22.5. The molecular weight excluding hydrogens is 801 g/mol. The van der Waals surface area contributed by atoms with E-state index in [1.807, 2.05) is 12.1 Å². The normalized spacial score (nSPS) is 11.6. The van der Waals surface area contributed by atoms with Gasteiger partial charge in [0.2, 0.25) is 0 Å². The molecule has 4 nitrogen and oxygen atoms in total. The van der Waals surface area contributed by atoms with Crippen LogP contribution in [0.4, 0.5) is 0 Å². The van der Waals surface area contributed by atoms with E-state index in [0.717, 1.165) is 56.0 Å². The highest BCUT2D eigenvalue weighted by atomic mass is 15.0. The van der Waals surface area contributed by atoms with E-state index in [1.54, 1.807) is 0 Å². The smallest absolute Gasteiger partial charge is 0.160 e. The van der Waals surface area contributed by atoms with Gasteiger partial charge in [-0.25, -0.2) is 9.97 Å². The minimum atomic E-state index is 0.687. The number of hydrogen-bond acceptors (Lipinski definition) is 2. The lowest BCUT2D eigenvalue weighted by molar-refractivity contribution is 1.16. The number of benzene rings is 10. The van der Waals surface area contributed by atoms with Crippen molar-refractivity contribution in [2.75, 3.05) is 0 Å². The summed E-state index contributed by atoms with van der Waals surface area (Å²) in [6, 6.07) is 87.0. The van der Waals surface area contributed by atoms with Crippen LogP contribution >= 0.6 is 0 Å². The van der Waals surface area contributed by atoms with Crippen molar-refractivity contribution in [1.82, 2.24) is 19.1 Å². The Morgan fingerprint density at radius 3 is 1.50 bits per heavy atom. The maximum atomic E-state index is 5.17. The third kappa shape index (κ3) is 6.30. The van der Waals surface area contributed by atoms with Gasteiger partial charge in [0.15, 0.2) is 5.82 Å². The molecule has 4 heteroatoms. The highest BCUT2D eigenvalue weighted by molar-refractivity contribution is 6.12. The largest absolute Gasteiger partial charge is 0.309 e. The molecule has 0 aliphatic rings. The summed E-state index contributed by atoms with van der Waals surface area (Å²) in [6.07, 6.45) is 0. The molecule has 0 aliphatic heterocycles. The van der Waals surface area contributed by atoms with Crippen molar-refractivity contribution in [3.63, 3.8) is 0 Å². The summed E-state index contributed by atoms with van der Waals surface area (Å²) in [7, 11) is 0. The van der Waals surface area contributed by atoms with E-state index < -0.39 is 0 Å². The van der Waals surface area contributed by atoms with Gasteiger partial charge >= 0.3 is 0 Å². The molecule has 0 spiro atoms. The summed E-state index contributed by atoms with van der Waals surface area (Å²) in [5.74, 6) is 0.687. The molecule has 0 unspecified atom stereocenters. The molecule has 0 amide bonds. The Balaban J connectivity index is 0.922. The predicted octanol–water partition coefficient (Wildman–Crippen LogP) is 16.2. The summed E-state index contributed by atoms with van der Waals surface area (Å²) in [4.78, 5) is 10.3. The summed E-state index contributed by atoms with van der Waals surface area (Å²) in [6.45, 7) is 0. The van der Waals surface area contributed by atoms with Crippen LogP contribution in [-0.2, 0) is 0 Å². The second-order valence-corrected chi connectivity index (χ2v) is 17.0. The Kier molecular flexibility index (Phi) is 8.81. The highest BCUT2D eigenvalue weighted by Gasteiger charge is 2.18. The summed E-state index contributed by atoms with van der Waals surface area (Å²) in [5, 5.41) is 7.39. The van der Waals surface area contributed by atoms with Gasteiger partial charge in [0, 0.05) is 49.6 Å². The quantitative estimate of drug-likeness (QED) is 0.160. The number of para-hydroxylation sites is 2. The molecule has 66 heavy (non-hydrogen) atoms. The molecule has 3 heterocycles. The molecule has 0 saturated carbocycles. The molecule has 10 aromatic carbocycles. The monoisotopic (exact) mass is 840 g/mol. The molecule has 0 fully saturated rings. The molecule has 0 N–H and O–H groups in total. The van der Waals surface area contributed by atoms with Crippen LogP contribution in [-0.4, -0.2) is 19.1 Å². The Labute approximate surface area is 382 Å². The minimum absolute atomic E-state index is 0.687. The topological polar surface area (TPSA) is 35.6 Å². The second kappa shape index (κ2) is 15.4. The average Bonchev–Trinajstić information content (AvgIpc) is 3.91. The Bertz CT molecular complexity index is 3910. The van der Waals surface area contributed by atoms with Crippen LogP contribution in [0.15, 0.2) is 243 Å².